The molecule has 0 saturated carbocycles. The molecule has 1 aromatic heterocycles. The van der Waals surface area contributed by atoms with Crippen LogP contribution in [0, 0.1) is 20.2 Å². The summed E-state index contributed by atoms with van der Waals surface area (Å²) in [6.07, 6.45) is 4.08. The molecule has 0 aliphatic rings. The van der Waals surface area contributed by atoms with E-state index < -0.39 is 15.8 Å². The van der Waals surface area contributed by atoms with Crippen molar-refractivity contribution in [2.45, 2.75) is 0 Å². The Morgan fingerprint density at radius 1 is 1.07 bits per heavy atom. The van der Waals surface area contributed by atoms with Crippen molar-refractivity contribution in [3.05, 3.63) is 84.9 Å². The maximum atomic E-state index is 10.8. The number of rotatable bonds is 6. The normalized spacial score (nSPS) is 11.3. The first-order valence-electron chi connectivity index (χ1n) is 7.94. The zero-order chi connectivity index (χ0) is 21.0. The van der Waals surface area contributed by atoms with Crippen LogP contribution in [0.1, 0.15) is 17.1 Å². The topological polar surface area (TPSA) is 145 Å². The van der Waals surface area contributed by atoms with Crippen LogP contribution in [-0.2, 0) is 0 Å². The molecule has 1 heterocycles. The zero-order valence-electron chi connectivity index (χ0n) is 14.4. The van der Waals surface area contributed by atoms with E-state index in [2.05, 4.69) is 9.98 Å². The first-order valence-corrected chi connectivity index (χ1v) is 8.31. The maximum absolute atomic E-state index is 10.8. The fourth-order valence-corrected chi connectivity index (χ4v) is 2.42. The summed E-state index contributed by atoms with van der Waals surface area (Å²) in [6, 6.07) is 9.67. The molecular formula is C18H11ClN4O6. The molecule has 0 fully saturated rings. The summed E-state index contributed by atoms with van der Waals surface area (Å²) >= 11 is 5.96. The molecule has 3 rings (SSSR count). The molecule has 1 N–H and O–H groups in total. The molecule has 0 aliphatic heterocycles. The van der Waals surface area contributed by atoms with Crippen molar-refractivity contribution in [1.29, 1.82) is 0 Å². The maximum Gasteiger partial charge on any atom is 0.312 e. The van der Waals surface area contributed by atoms with Gasteiger partial charge >= 0.3 is 5.95 Å². The molecule has 3 aromatic rings. The Morgan fingerprint density at radius 2 is 1.79 bits per heavy atom. The second-order valence-corrected chi connectivity index (χ2v) is 5.99. The second-order valence-electron chi connectivity index (χ2n) is 5.58. The van der Waals surface area contributed by atoms with Crippen LogP contribution in [0.5, 0.6) is 5.95 Å². The molecule has 0 amide bonds. The molecule has 0 unspecified atom stereocenters. The Balaban J connectivity index is 1.81. The van der Waals surface area contributed by atoms with Crippen LogP contribution in [0.25, 0.3) is 12.2 Å². The summed E-state index contributed by atoms with van der Waals surface area (Å²) in [5, 5.41) is 31.7. The van der Waals surface area contributed by atoms with E-state index in [1.807, 2.05) is 0 Å². The second kappa shape index (κ2) is 8.31. The molecule has 2 aromatic carbocycles. The van der Waals surface area contributed by atoms with E-state index in [-0.39, 0.29) is 33.7 Å². The summed E-state index contributed by atoms with van der Waals surface area (Å²) in [5.41, 5.74) is 0.384. The van der Waals surface area contributed by atoms with E-state index in [4.69, 9.17) is 16.0 Å². The van der Waals surface area contributed by atoms with Gasteiger partial charge in [0.05, 0.1) is 26.8 Å². The summed E-state index contributed by atoms with van der Waals surface area (Å²) in [7, 11) is 0. The van der Waals surface area contributed by atoms with Gasteiger partial charge in [-0.2, -0.15) is 0 Å². The smallest absolute Gasteiger partial charge is 0.312 e. The largest absolute Gasteiger partial charge is 0.479 e. The summed E-state index contributed by atoms with van der Waals surface area (Å²) in [4.78, 5) is 28.6. The van der Waals surface area contributed by atoms with Gasteiger partial charge in [-0.3, -0.25) is 25.2 Å². The van der Waals surface area contributed by atoms with Gasteiger partial charge < -0.3 is 9.52 Å². The average Bonchev–Trinajstić information content (AvgIpc) is 3.05. The first kappa shape index (κ1) is 19.7. The first-order chi connectivity index (χ1) is 13.8. The van der Waals surface area contributed by atoms with Crippen LogP contribution < -0.4 is 0 Å². The number of aromatic hydroxyl groups is 1. The number of benzene rings is 2. The number of nitrogens with zero attached hydrogens (tertiary/aromatic N) is 4. The molecule has 0 spiro atoms. The highest BCUT2D eigenvalue weighted by Gasteiger charge is 2.11. The van der Waals surface area contributed by atoms with Gasteiger partial charge in [-0.15, -0.1) is 0 Å². The number of hydrogen-bond donors (Lipinski definition) is 1. The number of halogens is 1. The molecule has 10 nitrogen and oxygen atoms in total. The lowest BCUT2D eigenvalue weighted by Gasteiger charge is -1.97. The highest BCUT2D eigenvalue weighted by Crippen LogP contribution is 2.29. The molecule has 0 saturated heterocycles. The monoisotopic (exact) mass is 414 g/mol. The lowest BCUT2D eigenvalue weighted by molar-refractivity contribution is -0.385. The number of nitro benzene ring substituents is 2. The average molecular weight is 415 g/mol. The van der Waals surface area contributed by atoms with Gasteiger partial charge in [0.2, 0.25) is 5.89 Å². The van der Waals surface area contributed by atoms with Crippen LogP contribution in [0.15, 0.2) is 51.9 Å². The SMILES string of the molecule is O=[N+]([O-])c1cccc(C=Cc2nc(C=Nc3cc([N+](=O)[O-])ccc3Cl)c(O)o2)c1. The minimum Gasteiger partial charge on any atom is -0.479 e. The van der Waals surface area contributed by atoms with E-state index in [1.54, 1.807) is 6.07 Å². The fourth-order valence-electron chi connectivity index (χ4n) is 2.25. The molecule has 11 heteroatoms. The summed E-state index contributed by atoms with van der Waals surface area (Å²) < 4.78 is 5.09. The third kappa shape index (κ3) is 4.82. The van der Waals surface area contributed by atoms with Crippen LogP contribution in [0.3, 0.4) is 0 Å². The van der Waals surface area contributed by atoms with Crippen LogP contribution in [-0.4, -0.2) is 26.2 Å². The predicted octanol–water partition coefficient (Wildman–Crippen LogP) is 4.77. The highest BCUT2D eigenvalue weighted by molar-refractivity contribution is 6.33. The van der Waals surface area contributed by atoms with Gasteiger partial charge in [0.1, 0.15) is 0 Å². The Bertz CT molecular complexity index is 1160. The Kier molecular flexibility index (Phi) is 5.65. The number of aliphatic imine (C=N–C) groups is 1. The van der Waals surface area contributed by atoms with Crippen molar-refractivity contribution >= 4 is 47.0 Å². The van der Waals surface area contributed by atoms with Crippen molar-refractivity contribution in [2.24, 2.45) is 4.99 Å². The quantitative estimate of drug-likeness (QED) is 0.347. The minimum absolute atomic E-state index is 0.0220. The lowest BCUT2D eigenvalue weighted by atomic mass is 10.2. The molecular weight excluding hydrogens is 404 g/mol. The van der Waals surface area contributed by atoms with Gasteiger partial charge in [-0.05, 0) is 17.7 Å². The van der Waals surface area contributed by atoms with Crippen molar-refractivity contribution in [2.75, 3.05) is 0 Å². The predicted molar refractivity (Wildman–Crippen MR) is 106 cm³/mol. The molecule has 0 aliphatic carbocycles. The summed E-state index contributed by atoms with van der Waals surface area (Å²) in [6.45, 7) is 0. The van der Waals surface area contributed by atoms with Crippen LogP contribution in [0.2, 0.25) is 5.02 Å². The standard InChI is InChI=1S/C18H11ClN4O6/c19-14-6-5-13(23(27)28)9-15(14)20-10-16-18(24)29-17(21-16)7-4-11-2-1-3-12(8-11)22(25)26/h1-10,24H. The molecule has 0 bridgehead atoms. The van der Waals surface area contributed by atoms with E-state index >= 15 is 0 Å². The van der Waals surface area contributed by atoms with E-state index in [1.165, 1.54) is 48.6 Å². The Hall–Kier alpha value is -4.05. The highest BCUT2D eigenvalue weighted by atomic mass is 35.5. The van der Waals surface area contributed by atoms with Gasteiger partial charge in [0.15, 0.2) is 5.69 Å². The number of oxazole rings is 1. The number of non-ortho nitro benzene ring substituents is 2. The third-order valence-electron chi connectivity index (χ3n) is 3.62. The molecule has 0 atom stereocenters. The van der Waals surface area contributed by atoms with Gasteiger partial charge in [-0.1, -0.05) is 23.7 Å². The lowest BCUT2D eigenvalue weighted by Crippen LogP contribution is -1.87. The molecule has 29 heavy (non-hydrogen) atoms. The van der Waals surface area contributed by atoms with Crippen molar-refractivity contribution in [1.82, 2.24) is 4.98 Å². The Labute approximate surface area is 167 Å². The molecule has 146 valence electrons. The number of hydrogen-bond acceptors (Lipinski definition) is 8. The number of aromatic nitrogens is 1. The van der Waals surface area contributed by atoms with Crippen molar-refractivity contribution < 1.29 is 19.4 Å². The van der Waals surface area contributed by atoms with Crippen LogP contribution in [0.4, 0.5) is 17.1 Å². The van der Waals surface area contributed by atoms with Crippen molar-refractivity contribution in [3.63, 3.8) is 0 Å². The fraction of sp³-hybridized carbons (Fsp3) is 0. The Morgan fingerprint density at radius 3 is 2.52 bits per heavy atom. The number of nitro groups is 2. The van der Waals surface area contributed by atoms with E-state index in [0.29, 0.717) is 5.56 Å². The van der Waals surface area contributed by atoms with Crippen molar-refractivity contribution in [3.8, 4) is 5.95 Å². The van der Waals surface area contributed by atoms with Gasteiger partial charge in [0, 0.05) is 30.3 Å². The minimum atomic E-state index is -0.584. The van der Waals surface area contributed by atoms with Gasteiger partial charge in [0.25, 0.3) is 11.4 Å². The van der Waals surface area contributed by atoms with E-state index in [9.17, 15) is 25.3 Å². The van der Waals surface area contributed by atoms with E-state index in [0.717, 1.165) is 6.21 Å². The van der Waals surface area contributed by atoms with Gasteiger partial charge in [-0.25, -0.2) is 4.98 Å². The molecule has 0 radical (unpaired) electrons. The summed E-state index contributed by atoms with van der Waals surface area (Å²) in [5.74, 6) is -0.491. The third-order valence-corrected chi connectivity index (χ3v) is 3.94. The van der Waals surface area contributed by atoms with Crippen LogP contribution >= 0.6 is 11.6 Å². The zero-order valence-corrected chi connectivity index (χ0v) is 15.2.